The second kappa shape index (κ2) is 4.07. The Hall–Kier alpha value is -0.940. The molecule has 5 heteroatoms. The zero-order valence-electron chi connectivity index (χ0n) is 10.4. The molecule has 0 bridgehead atoms. The van der Waals surface area contributed by atoms with E-state index in [4.69, 9.17) is 10.3 Å². The minimum atomic E-state index is -0.392. The van der Waals surface area contributed by atoms with Crippen molar-refractivity contribution >= 4 is 0 Å². The summed E-state index contributed by atoms with van der Waals surface area (Å²) in [5, 5.41) is 4.09. The summed E-state index contributed by atoms with van der Waals surface area (Å²) in [7, 11) is 0. The quantitative estimate of drug-likeness (QED) is 0.831. The topological polar surface area (TPSA) is 68.2 Å². The van der Waals surface area contributed by atoms with Crippen LogP contribution in [0.4, 0.5) is 0 Å². The Labute approximate surface area is 101 Å². The zero-order valence-corrected chi connectivity index (χ0v) is 10.4. The van der Waals surface area contributed by atoms with Crippen LogP contribution in [0.15, 0.2) is 4.52 Å². The van der Waals surface area contributed by atoms with Crippen molar-refractivity contribution in [1.82, 2.24) is 15.0 Å². The Morgan fingerprint density at radius 2 is 2.35 bits per heavy atom. The van der Waals surface area contributed by atoms with Gasteiger partial charge in [-0.05, 0) is 25.8 Å². The maximum absolute atomic E-state index is 6.58. The van der Waals surface area contributed by atoms with Gasteiger partial charge < -0.3 is 10.3 Å². The Bertz CT molecular complexity index is 405. The van der Waals surface area contributed by atoms with Crippen molar-refractivity contribution in [2.45, 2.75) is 50.6 Å². The van der Waals surface area contributed by atoms with Crippen molar-refractivity contribution in [3.05, 3.63) is 11.7 Å². The summed E-state index contributed by atoms with van der Waals surface area (Å²) >= 11 is 0. The Kier molecular flexibility index (Phi) is 2.67. The lowest BCUT2D eigenvalue weighted by Gasteiger charge is -2.36. The number of fused-ring (bicyclic) bond motifs is 1. The molecule has 5 nitrogen and oxygen atoms in total. The van der Waals surface area contributed by atoms with E-state index in [0.29, 0.717) is 17.8 Å². The summed E-state index contributed by atoms with van der Waals surface area (Å²) in [4.78, 5) is 6.94. The van der Waals surface area contributed by atoms with Gasteiger partial charge in [0, 0.05) is 19.0 Å². The maximum Gasteiger partial charge on any atom is 0.226 e. The molecule has 2 N–H and O–H groups in total. The largest absolute Gasteiger partial charge is 0.339 e. The van der Waals surface area contributed by atoms with E-state index in [0.717, 1.165) is 25.8 Å². The zero-order chi connectivity index (χ0) is 11.9. The Balaban J connectivity index is 1.89. The molecule has 2 unspecified atom stereocenters. The summed E-state index contributed by atoms with van der Waals surface area (Å²) in [5.41, 5.74) is 6.18. The lowest BCUT2D eigenvalue weighted by molar-refractivity contribution is 0.151. The molecule has 2 aliphatic heterocycles. The van der Waals surface area contributed by atoms with E-state index >= 15 is 0 Å². The number of hydrogen-bond donors (Lipinski definition) is 1. The molecule has 3 heterocycles. The Morgan fingerprint density at radius 1 is 1.47 bits per heavy atom. The van der Waals surface area contributed by atoms with Crippen LogP contribution in [-0.2, 0) is 12.0 Å². The first-order valence-electron chi connectivity index (χ1n) is 6.60. The molecule has 1 aromatic rings. The van der Waals surface area contributed by atoms with Crippen LogP contribution in [0.25, 0.3) is 0 Å². The standard InChI is InChI=1S/C12H20N4O/c1-2-10-14-11(15-17-10)12(13)6-8-16-7-4-3-5-9(12)16/h9H,2-8,13H2,1H3. The van der Waals surface area contributed by atoms with Gasteiger partial charge in [-0.25, -0.2) is 0 Å². The van der Waals surface area contributed by atoms with E-state index < -0.39 is 5.54 Å². The molecule has 3 rings (SSSR count). The van der Waals surface area contributed by atoms with Gasteiger partial charge in [0.25, 0.3) is 0 Å². The highest BCUT2D eigenvalue weighted by Gasteiger charge is 2.49. The lowest BCUT2D eigenvalue weighted by Crippen LogP contribution is -2.51. The third-order valence-electron chi connectivity index (χ3n) is 4.21. The highest BCUT2D eigenvalue weighted by molar-refractivity contribution is 5.14. The van der Waals surface area contributed by atoms with Crippen molar-refractivity contribution in [2.75, 3.05) is 13.1 Å². The van der Waals surface area contributed by atoms with Crippen LogP contribution in [0.3, 0.4) is 0 Å². The van der Waals surface area contributed by atoms with Gasteiger partial charge in [-0.2, -0.15) is 4.98 Å². The number of piperidine rings is 1. The molecular formula is C12H20N4O. The monoisotopic (exact) mass is 236 g/mol. The fourth-order valence-corrected chi connectivity index (χ4v) is 3.19. The summed E-state index contributed by atoms with van der Waals surface area (Å²) < 4.78 is 5.21. The highest BCUT2D eigenvalue weighted by Crippen LogP contribution is 2.38. The first kappa shape index (κ1) is 11.2. The minimum absolute atomic E-state index is 0.392. The molecular weight excluding hydrogens is 216 g/mol. The third kappa shape index (κ3) is 1.68. The van der Waals surface area contributed by atoms with Gasteiger partial charge >= 0.3 is 0 Å². The van der Waals surface area contributed by atoms with Crippen LogP contribution in [0, 0.1) is 0 Å². The molecule has 2 aliphatic rings. The van der Waals surface area contributed by atoms with Crippen LogP contribution in [-0.4, -0.2) is 34.2 Å². The third-order valence-corrected chi connectivity index (χ3v) is 4.21. The van der Waals surface area contributed by atoms with E-state index in [-0.39, 0.29) is 0 Å². The first-order valence-corrected chi connectivity index (χ1v) is 6.60. The van der Waals surface area contributed by atoms with Crippen molar-refractivity contribution in [1.29, 1.82) is 0 Å². The average molecular weight is 236 g/mol. The van der Waals surface area contributed by atoms with E-state index in [1.54, 1.807) is 0 Å². The number of aromatic nitrogens is 2. The molecule has 0 radical (unpaired) electrons. The van der Waals surface area contributed by atoms with Crippen molar-refractivity contribution in [2.24, 2.45) is 5.73 Å². The van der Waals surface area contributed by atoms with E-state index in [1.165, 1.54) is 19.4 Å². The van der Waals surface area contributed by atoms with Gasteiger partial charge in [-0.3, -0.25) is 4.90 Å². The molecule has 0 amide bonds. The van der Waals surface area contributed by atoms with Gasteiger partial charge in [0.05, 0.1) is 5.54 Å². The van der Waals surface area contributed by atoms with Crippen LogP contribution in [0.5, 0.6) is 0 Å². The summed E-state index contributed by atoms with van der Waals surface area (Å²) in [6, 6.07) is 0.401. The van der Waals surface area contributed by atoms with Gasteiger partial charge in [0.15, 0.2) is 5.82 Å². The Morgan fingerprint density at radius 3 is 3.12 bits per heavy atom. The molecule has 2 atom stereocenters. The van der Waals surface area contributed by atoms with Crippen LogP contribution < -0.4 is 5.73 Å². The summed E-state index contributed by atoms with van der Waals surface area (Å²) in [6.07, 6.45) is 5.43. The van der Waals surface area contributed by atoms with Crippen LogP contribution in [0.1, 0.15) is 44.3 Å². The first-order chi connectivity index (χ1) is 8.24. The molecule has 0 aliphatic carbocycles. The van der Waals surface area contributed by atoms with E-state index in [9.17, 15) is 0 Å². The molecule has 17 heavy (non-hydrogen) atoms. The lowest BCUT2D eigenvalue weighted by atomic mass is 9.86. The molecule has 2 fully saturated rings. The predicted octanol–water partition coefficient (Wildman–Crippen LogP) is 1.04. The number of nitrogens with zero attached hydrogens (tertiary/aromatic N) is 3. The van der Waals surface area contributed by atoms with Crippen molar-refractivity contribution in [3.8, 4) is 0 Å². The van der Waals surface area contributed by atoms with E-state index in [1.807, 2.05) is 6.92 Å². The summed E-state index contributed by atoms with van der Waals surface area (Å²) in [6.45, 7) is 4.25. The number of hydrogen-bond acceptors (Lipinski definition) is 5. The van der Waals surface area contributed by atoms with Crippen LogP contribution >= 0.6 is 0 Å². The molecule has 0 aromatic carbocycles. The van der Waals surface area contributed by atoms with Crippen molar-refractivity contribution < 1.29 is 4.52 Å². The second-order valence-electron chi connectivity index (χ2n) is 5.20. The second-order valence-corrected chi connectivity index (χ2v) is 5.20. The summed E-state index contributed by atoms with van der Waals surface area (Å²) in [5.74, 6) is 1.41. The fraction of sp³-hybridized carbons (Fsp3) is 0.833. The number of aryl methyl sites for hydroxylation is 1. The van der Waals surface area contributed by atoms with E-state index in [2.05, 4.69) is 15.0 Å². The smallest absolute Gasteiger partial charge is 0.226 e. The van der Waals surface area contributed by atoms with Gasteiger partial charge in [0.1, 0.15) is 0 Å². The van der Waals surface area contributed by atoms with Crippen molar-refractivity contribution in [3.63, 3.8) is 0 Å². The molecule has 1 aromatic heterocycles. The normalized spacial score (nSPS) is 33.9. The average Bonchev–Trinajstić information content (AvgIpc) is 2.96. The predicted molar refractivity (Wildman–Crippen MR) is 63.4 cm³/mol. The number of nitrogens with two attached hydrogens (primary N) is 1. The SMILES string of the molecule is CCc1nc(C2(N)CCN3CCCCC32)no1. The van der Waals surface area contributed by atoms with Gasteiger partial charge in [-0.1, -0.05) is 18.5 Å². The minimum Gasteiger partial charge on any atom is -0.339 e. The molecule has 0 saturated carbocycles. The molecule has 2 saturated heterocycles. The highest BCUT2D eigenvalue weighted by atomic mass is 16.5. The fourth-order valence-electron chi connectivity index (χ4n) is 3.19. The number of rotatable bonds is 2. The van der Waals surface area contributed by atoms with Crippen LogP contribution in [0.2, 0.25) is 0 Å². The maximum atomic E-state index is 6.58. The molecule has 0 spiro atoms. The molecule has 94 valence electrons. The van der Waals surface area contributed by atoms with Gasteiger partial charge in [-0.15, -0.1) is 0 Å². The van der Waals surface area contributed by atoms with Gasteiger partial charge in [0.2, 0.25) is 5.89 Å².